The van der Waals surface area contributed by atoms with Crippen molar-refractivity contribution < 1.29 is 15.0 Å². The maximum absolute atomic E-state index is 12.4. The van der Waals surface area contributed by atoms with Crippen molar-refractivity contribution in [2.75, 3.05) is 4.90 Å². The van der Waals surface area contributed by atoms with Crippen molar-refractivity contribution in [1.29, 1.82) is 0 Å². The van der Waals surface area contributed by atoms with Gasteiger partial charge in [0.05, 0.1) is 6.21 Å². The number of halogens is 1. The molecule has 0 saturated carbocycles. The zero-order valence-electron chi connectivity index (χ0n) is 15.3. The molecule has 7 heteroatoms. The minimum absolute atomic E-state index is 0.0426. The van der Waals surface area contributed by atoms with Crippen molar-refractivity contribution in [3.05, 3.63) is 87.4 Å². The third-order valence-electron chi connectivity index (χ3n) is 4.77. The number of benzene rings is 3. The minimum atomic E-state index is -0.329. The molecule has 0 saturated heterocycles. The number of hydrogen-bond acceptors (Lipinski definition) is 5. The fraction of sp³-hybridized carbons (Fsp3) is 0.0909. The number of rotatable bonds is 4. The Balaban J connectivity index is 1.43. The molecule has 3 aromatic carbocycles. The fourth-order valence-corrected chi connectivity index (χ4v) is 3.50. The third-order valence-corrected chi connectivity index (χ3v) is 5.30. The van der Waals surface area contributed by atoms with Crippen molar-refractivity contribution in [3.63, 3.8) is 0 Å². The Labute approximate surface area is 176 Å². The summed E-state index contributed by atoms with van der Waals surface area (Å²) in [7, 11) is 0. The Hall–Kier alpha value is -3.32. The van der Waals surface area contributed by atoms with Crippen molar-refractivity contribution in [2.24, 2.45) is 5.10 Å². The number of carbonyl (C=O) groups excluding carboxylic acids is 1. The van der Waals surface area contributed by atoms with E-state index in [1.807, 2.05) is 24.3 Å². The summed E-state index contributed by atoms with van der Waals surface area (Å²) < 4.78 is 1.04. The van der Waals surface area contributed by atoms with Crippen LogP contribution in [-0.2, 0) is 13.1 Å². The molecule has 0 radical (unpaired) electrons. The molecule has 0 unspecified atom stereocenters. The highest BCUT2D eigenvalue weighted by atomic mass is 79.9. The summed E-state index contributed by atoms with van der Waals surface area (Å²) in [6.45, 7) is 1.54. The number of hydrazone groups is 1. The third kappa shape index (κ3) is 4.25. The summed E-state index contributed by atoms with van der Waals surface area (Å²) in [6.07, 6.45) is 1.33. The van der Waals surface area contributed by atoms with Gasteiger partial charge in [0.1, 0.15) is 11.5 Å². The van der Waals surface area contributed by atoms with Gasteiger partial charge in [-0.1, -0.05) is 22.0 Å². The van der Waals surface area contributed by atoms with E-state index < -0.39 is 0 Å². The van der Waals surface area contributed by atoms with Gasteiger partial charge in [0.15, 0.2) is 0 Å². The number of phenols is 2. The Morgan fingerprint density at radius 1 is 1.00 bits per heavy atom. The van der Waals surface area contributed by atoms with Gasteiger partial charge in [0.25, 0.3) is 5.91 Å². The molecule has 1 heterocycles. The van der Waals surface area contributed by atoms with Gasteiger partial charge in [-0.2, -0.15) is 5.10 Å². The predicted octanol–water partition coefficient (Wildman–Crippen LogP) is 4.14. The molecule has 3 N–H and O–H groups in total. The van der Waals surface area contributed by atoms with Crippen molar-refractivity contribution in [1.82, 2.24) is 5.43 Å². The van der Waals surface area contributed by atoms with E-state index >= 15 is 0 Å². The first-order chi connectivity index (χ1) is 14.0. The van der Waals surface area contributed by atoms with Crippen LogP contribution in [0.5, 0.6) is 11.5 Å². The van der Waals surface area contributed by atoms with Crippen LogP contribution >= 0.6 is 15.9 Å². The van der Waals surface area contributed by atoms with Crippen LogP contribution in [-0.4, -0.2) is 22.3 Å². The Bertz CT molecular complexity index is 1100. The lowest BCUT2D eigenvalue weighted by atomic mass is 10.1. The largest absolute Gasteiger partial charge is 0.508 e. The normalized spacial score (nSPS) is 12.9. The average Bonchev–Trinajstić information content (AvgIpc) is 3.13. The van der Waals surface area contributed by atoms with Crippen LogP contribution in [0.4, 0.5) is 5.69 Å². The average molecular weight is 452 g/mol. The molecule has 3 aromatic rings. The number of nitrogens with one attached hydrogen (secondary N) is 1. The maximum Gasteiger partial charge on any atom is 0.271 e. The molecule has 29 heavy (non-hydrogen) atoms. The van der Waals surface area contributed by atoms with Gasteiger partial charge in [-0.15, -0.1) is 0 Å². The second-order valence-electron chi connectivity index (χ2n) is 6.76. The SMILES string of the molecule is O=C(N/N=C/c1ccc(O)cc1O)c1ccc2c(c1)CN(c1ccc(Br)cc1)C2. The second kappa shape index (κ2) is 7.97. The number of aromatic hydroxyl groups is 2. The predicted molar refractivity (Wildman–Crippen MR) is 115 cm³/mol. The summed E-state index contributed by atoms with van der Waals surface area (Å²) in [5.74, 6) is -0.489. The van der Waals surface area contributed by atoms with Crippen LogP contribution in [0.1, 0.15) is 27.0 Å². The maximum atomic E-state index is 12.4. The van der Waals surface area contributed by atoms with Crippen LogP contribution < -0.4 is 10.3 Å². The minimum Gasteiger partial charge on any atom is -0.508 e. The molecule has 1 aliphatic heterocycles. The van der Waals surface area contributed by atoms with E-state index in [1.165, 1.54) is 30.0 Å². The lowest BCUT2D eigenvalue weighted by Gasteiger charge is -2.17. The Kier molecular flexibility index (Phi) is 5.22. The molecule has 0 bridgehead atoms. The first kappa shape index (κ1) is 19.0. The summed E-state index contributed by atoms with van der Waals surface area (Å²) in [6, 6.07) is 18.0. The van der Waals surface area contributed by atoms with Gasteiger partial charge >= 0.3 is 0 Å². The summed E-state index contributed by atoms with van der Waals surface area (Å²) in [5, 5.41) is 22.9. The Morgan fingerprint density at radius 3 is 2.52 bits per heavy atom. The van der Waals surface area contributed by atoms with Crippen LogP contribution in [0.25, 0.3) is 0 Å². The molecular weight excluding hydrogens is 434 g/mol. The molecule has 1 aliphatic rings. The number of amides is 1. The number of carbonyl (C=O) groups is 1. The van der Waals surface area contributed by atoms with E-state index in [0.717, 1.165) is 28.8 Å². The quantitative estimate of drug-likeness (QED) is 0.410. The van der Waals surface area contributed by atoms with E-state index in [0.29, 0.717) is 11.1 Å². The van der Waals surface area contributed by atoms with Crippen LogP contribution in [0.15, 0.2) is 70.2 Å². The van der Waals surface area contributed by atoms with Gasteiger partial charge < -0.3 is 15.1 Å². The molecule has 6 nitrogen and oxygen atoms in total. The molecule has 146 valence electrons. The van der Waals surface area contributed by atoms with Crippen LogP contribution in [0, 0.1) is 0 Å². The topological polar surface area (TPSA) is 85.2 Å². The van der Waals surface area contributed by atoms with E-state index in [9.17, 15) is 15.0 Å². The number of phenolic OH excluding ortho intramolecular Hbond substituents is 2. The molecule has 0 aromatic heterocycles. The number of hydrogen-bond donors (Lipinski definition) is 3. The van der Waals surface area contributed by atoms with Gasteiger partial charge in [-0.3, -0.25) is 4.79 Å². The molecule has 1 amide bonds. The standard InChI is InChI=1S/C22H18BrN3O3/c23-18-4-6-19(7-5-18)26-12-16-2-1-14(9-17(16)13-26)22(29)25-24-11-15-3-8-20(27)10-21(15)28/h1-11,27-28H,12-13H2,(H,25,29)/b24-11+. The fourth-order valence-electron chi connectivity index (χ4n) is 3.24. The second-order valence-corrected chi connectivity index (χ2v) is 7.67. The zero-order valence-corrected chi connectivity index (χ0v) is 16.9. The monoisotopic (exact) mass is 451 g/mol. The van der Waals surface area contributed by atoms with Gasteiger partial charge in [0.2, 0.25) is 0 Å². The highest BCUT2D eigenvalue weighted by molar-refractivity contribution is 9.10. The van der Waals surface area contributed by atoms with E-state index in [2.05, 4.69) is 43.5 Å². The highest BCUT2D eigenvalue weighted by Crippen LogP contribution is 2.29. The number of nitrogens with zero attached hydrogens (tertiary/aromatic N) is 2. The molecule has 4 rings (SSSR count). The van der Waals surface area contributed by atoms with Crippen LogP contribution in [0.3, 0.4) is 0 Å². The summed E-state index contributed by atoms with van der Waals surface area (Å²) >= 11 is 3.45. The van der Waals surface area contributed by atoms with Crippen LogP contribution in [0.2, 0.25) is 0 Å². The van der Waals surface area contributed by atoms with Crippen molar-refractivity contribution >= 4 is 33.7 Å². The first-order valence-electron chi connectivity index (χ1n) is 8.97. The number of anilines is 1. The van der Waals surface area contributed by atoms with Gasteiger partial charge in [-0.25, -0.2) is 5.43 Å². The Morgan fingerprint density at radius 2 is 1.76 bits per heavy atom. The van der Waals surface area contributed by atoms with E-state index in [1.54, 1.807) is 6.07 Å². The lowest BCUT2D eigenvalue weighted by molar-refractivity contribution is 0.0955. The lowest BCUT2D eigenvalue weighted by Crippen LogP contribution is -2.18. The first-order valence-corrected chi connectivity index (χ1v) is 9.76. The van der Waals surface area contributed by atoms with Crippen molar-refractivity contribution in [2.45, 2.75) is 13.1 Å². The number of fused-ring (bicyclic) bond motifs is 1. The zero-order chi connectivity index (χ0) is 20.4. The molecule has 0 aliphatic carbocycles. The summed E-state index contributed by atoms with van der Waals surface area (Å²) in [5.41, 5.74) is 6.82. The molecule has 0 spiro atoms. The van der Waals surface area contributed by atoms with Gasteiger partial charge in [-0.05, 0) is 59.7 Å². The molecule has 0 atom stereocenters. The summed E-state index contributed by atoms with van der Waals surface area (Å²) in [4.78, 5) is 14.7. The van der Waals surface area contributed by atoms with Crippen molar-refractivity contribution in [3.8, 4) is 11.5 Å². The van der Waals surface area contributed by atoms with Gasteiger partial charge in [0, 0.05) is 40.4 Å². The highest BCUT2D eigenvalue weighted by Gasteiger charge is 2.20. The molecular formula is C22H18BrN3O3. The van der Waals surface area contributed by atoms with E-state index in [-0.39, 0.29) is 17.4 Å². The molecule has 0 fully saturated rings. The smallest absolute Gasteiger partial charge is 0.271 e. The van der Waals surface area contributed by atoms with E-state index in [4.69, 9.17) is 0 Å².